The van der Waals surface area contributed by atoms with E-state index in [9.17, 15) is 14.5 Å². The number of benzene rings is 1. The van der Waals surface area contributed by atoms with Crippen molar-refractivity contribution < 1.29 is 14.1 Å². The number of ether oxygens (including phenoxy) is 1. The van der Waals surface area contributed by atoms with Crippen molar-refractivity contribution in [2.24, 2.45) is 0 Å². The molecule has 0 atom stereocenters. The average Bonchev–Trinajstić information content (AvgIpc) is 2.57. The molecule has 0 aromatic heterocycles. The van der Waals surface area contributed by atoms with Gasteiger partial charge in [0, 0.05) is 12.6 Å². The van der Waals surface area contributed by atoms with Crippen LogP contribution in [0.25, 0.3) is 0 Å². The summed E-state index contributed by atoms with van der Waals surface area (Å²) in [6.07, 6.45) is 0. The molecule has 0 bridgehead atoms. The lowest BCUT2D eigenvalue weighted by Gasteiger charge is -2.22. The van der Waals surface area contributed by atoms with Gasteiger partial charge in [-0.25, -0.2) is 9.82 Å². The Balaban J connectivity index is 2.22. The SMILES string of the molecule is O=[N+]([O-])c1ccc(N2CCOCCN2)c(F)c1. The van der Waals surface area contributed by atoms with Crippen molar-refractivity contribution in [2.75, 3.05) is 31.3 Å². The van der Waals surface area contributed by atoms with E-state index in [4.69, 9.17) is 4.74 Å². The molecule has 0 unspecified atom stereocenters. The Kier molecular flexibility index (Phi) is 3.50. The van der Waals surface area contributed by atoms with Crippen molar-refractivity contribution in [1.29, 1.82) is 0 Å². The highest BCUT2D eigenvalue weighted by Crippen LogP contribution is 2.23. The quantitative estimate of drug-likeness (QED) is 0.619. The Morgan fingerprint density at radius 1 is 1.47 bits per heavy atom. The Labute approximate surface area is 97.1 Å². The summed E-state index contributed by atoms with van der Waals surface area (Å²) in [4.78, 5) is 9.87. The zero-order valence-electron chi connectivity index (χ0n) is 9.06. The third-order valence-corrected chi connectivity index (χ3v) is 2.44. The summed E-state index contributed by atoms with van der Waals surface area (Å²) in [5.74, 6) is -0.617. The fraction of sp³-hybridized carbons (Fsp3) is 0.400. The highest BCUT2D eigenvalue weighted by molar-refractivity contribution is 5.51. The Morgan fingerprint density at radius 3 is 3.00 bits per heavy atom. The summed E-state index contributed by atoms with van der Waals surface area (Å²) in [5, 5.41) is 12.1. The molecule has 17 heavy (non-hydrogen) atoms. The van der Waals surface area contributed by atoms with Gasteiger partial charge >= 0.3 is 0 Å². The standard InChI is InChI=1S/C10H12FN3O3/c11-9-7-8(14(15)16)1-2-10(9)13-4-6-17-5-3-12-13/h1-2,7,12H,3-6H2. The summed E-state index contributed by atoms with van der Waals surface area (Å²) in [6, 6.07) is 3.60. The van der Waals surface area contributed by atoms with Crippen LogP contribution in [0, 0.1) is 15.9 Å². The van der Waals surface area contributed by atoms with Gasteiger partial charge < -0.3 is 9.75 Å². The van der Waals surface area contributed by atoms with Crippen LogP contribution in [-0.4, -0.2) is 31.2 Å². The van der Waals surface area contributed by atoms with Gasteiger partial charge in [-0.1, -0.05) is 0 Å². The van der Waals surface area contributed by atoms with Gasteiger partial charge in [-0.15, -0.1) is 0 Å². The van der Waals surface area contributed by atoms with Crippen molar-refractivity contribution in [3.63, 3.8) is 0 Å². The van der Waals surface area contributed by atoms with Crippen LogP contribution < -0.4 is 10.4 Å². The number of hydrogen-bond acceptors (Lipinski definition) is 5. The molecule has 92 valence electrons. The Hall–Kier alpha value is -1.73. The fourth-order valence-electron chi connectivity index (χ4n) is 1.62. The zero-order chi connectivity index (χ0) is 12.3. The molecular formula is C10H12FN3O3. The van der Waals surface area contributed by atoms with Gasteiger partial charge in [0.2, 0.25) is 0 Å². The largest absolute Gasteiger partial charge is 0.378 e. The Morgan fingerprint density at radius 2 is 2.29 bits per heavy atom. The van der Waals surface area contributed by atoms with Gasteiger partial charge in [-0.3, -0.25) is 10.1 Å². The number of nitro groups is 1. The van der Waals surface area contributed by atoms with Crippen LogP contribution in [0.2, 0.25) is 0 Å². The number of rotatable bonds is 2. The van der Waals surface area contributed by atoms with E-state index in [1.165, 1.54) is 12.1 Å². The number of anilines is 1. The maximum absolute atomic E-state index is 13.7. The topological polar surface area (TPSA) is 67.6 Å². The molecule has 7 heteroatoms. The first-order valence-electron chi connectivity index (χ1n) is 5.21. The van der Waals surface area contributed by atoms with Crippen LogP contribution in [0.15, 0.2) is 18.2 Å². The van der Waals surface area contributed by atoms with Crippen molar-refractivity contribution in [1.82, 2.24) is 5.43 Å². The van der Waals surface area contributed by atoms with E-state index in [2.05, 4.69) is 5.43 Å². The molecule has 1 aromatic carbocycles. The molecular weight excluding hydrogens is 229 g/mol. The maximum atomic E-state index is 13.7. The molecule has 1 saturated heterocycles. The molecule has 0 aliphatic carbocycles. The molecule has 2 rings (SSSR count). The number of nitrogens with one attached hydrogen (secondary N) is 1. The lowest BCUT2D eigenvalue weighted by atomic mass is 10.2. The molecule has 0 radical (unpaired) electrons. The summed E-state index contributed by atoms with van der Waals surface area (Å²) in [7, 11) is 0. The van der Waals surface area contributed by atoms with Crippen LogP contribution in [-0.2, 0) is 4.74 Å². The molecule has 1 aromatic rings. The Bertz CT molecular complexity index is 419. The van der Waals surface area contributed by atoms with E-state index in [0.717, 1.165) is 6.07 Å². The number of hydrogen-bond donors (Lipinski definition) is 1. The first-order chi connectivity index (χ1) is 8.18. The smallest absolute Gasteiger partial charge is 0.272 e. The van der Waals surface area contributed by atoms with Gasteiger partial charge in [0.05, 0.1) is 36.4 Å². The average molecular weight is 241 g/mol. The second-order valence-electron chi connectivity index (χ2n) is 3.56. The van der Waals surface area contributed by atoms with Crippen LogP contribution in [0.3, 0.4) is 0 Å². The molecule has 1 N–H and O–H groups in total. The second-order valence-corrected chi connectivity index (χ2v) is 3.56. The normalized spacial score (nSPS) is 16.6. The minimum absolute atomic E-state index is 0.252. The van der Waals surface area contributed by atoms with E-state index in [-0.39, 0.29) is 5.69 Å². The van der Waals surface area contributed by atoms with E-state index in [1.807, 2.05) is 0 Å². The van der Waals surface area contributed by atoms with Crippen LogP contribution in [0.4, 0.5) is 15.8 Å². The van der Waals surface area contributed by atoms with E-state index < -0.39 is 10.7 Å². The highest BCUT2D eigenvalue weighted by atomic mass is 19.1. The summed E-state index contributed by atoms with van der Waals surface area (Å²) < 4.78 is 18.9. The molecule has 0 saturated carbocycles. The molecule has 0 spiro atoms. The monoisotopic (exact) mass is 241 g/mol. The molecule has 0 amide bonds. The summed E-state index contributed by atoms with van der Waals surface area (Å²) in [6.45, 7) is 2.12. The highest BCUT2D eigenvalue weighted by Gasteiger charge is 2.16. The lowest BCUT2D eigenvalue weighted by Crippen LogP contribution is -2.39. The fourth-order valence-corrected chi connectivity index (χ4v) is 1.62. The minimum atomic E-state index is -0.619. The number of halogens is 1. The molecule has 1 heterocycles. The number of nitrogens with zero attached hydrogens (tertiary/aromatic N) is 2. The molecule has 6 nitrogen and oxygen atoms in total. The lowest BCUT2D eigenvalue weighted by molar-refractivity contribution is -0.385. The predicted octanol–water partition coefficient (Wildman–Crippen LogP) is 1.08. The molecule has 1 aliphatic rings. The molecule has 1 fully saturated rings. The van der Waals surface area contributed by atoms with E-state index >= 15 is 0 Å². The number of hydrazine groups is 1. The van der Waals surface area contributed by atoms with Gasteiger partial charge in [0.25, 0.3) is 5.69 Å². The van der Waals surface area contributed by atoms with Gasteiger partial charge in [-0.2, -0.15) is 0 Å². The van der Waals surface area contributed by atoms with Crippen molar-refractivity contribution in [3.05, 3.63) is 34.1 Å². The van der Waals surface area contributed by atoms with Crippen LogP contribution in [0.1, 0.15) is 0 Å². The number of nitro benzene ring substituents is 1. The molecule has 1 aliphatic heterocycles. The minimum Gasteiger partial charge on any atom is -0.378 e. The summed E-state index contributed by atoms with van der Waals surface area (Å²) in [5.41, 5.74) is 3.03. The van der Waals surface area contributed by atoms with Crippen LogP contribution >= 0.6 is 0 Å². The van der Waals surface area contributed by atoms with Crippen molar-refractivity contribution in [2.45, 2.75) is 0 Å². The van der Waals surface area contributed by atoms with Gasteiger partial charge in [-0.05, 0) is 6.07 Å². The first kappa shape index (κ1) is 11.7. The zero-order valence-corrected chi connectivity index (χ0v) is 9.06. The second kappa shape index (κ2) is 5.07. The van der Waals surface area contributed by atoms with Gasteiger partial charge in [0.15, 0.2) is 5.82 Å². The number of non-ortho nitro benzene ring substituents is 1. The summed E-state index contributed by atoms with van der Waals surface area (Å²) >= 11 is 0. The maximum Gasteiger partial charge on any atom is 0.272 e. The first-order valence-corrected chi connectivity index (χ1v) is 5.21. The van der Waals surface area contributed by atoms with Crippen molar-refractivity contribution >= 4 is 11.4 Å². The third kappa shape index (κ3) is 2.69. The van der Waals surface area contributed by atoms with Crippen molar-refractivity contribution in [3.8, 4) is 0 Å². The van der Waals surface area contributed by atoms with E-state index in [0.29, 0.717) is 32.0 Å². The van der Waals surface area contributed by atoms with E-state index in [1.54, 1.807) is 5.01 Å². The van der Waals surface area contributed by atoms with Gasteiger partial charge in [0.1, 0.15) is 0 Å². The predicted molar refractivity (Wildman–Crippen MR) is 59.2 cm³/mol. The third-order valence-electron chi connectivity index (χ3n) is 2.44. The van der Waals surface area contributed by atoms with Crippen LogP contribution in [0.5, 0.6) is 0 Å².